The van der Waals surface area contributed by atoms with Gasteiger partial charge in [0.2, 0.25) is 5.60 Å². The molecule has 9 nitrogen and oxygen atoms in total. The van der Waals surface area contributed by atoms with Crippen molar-refractivity contribution in [1.29, 1.82) is 0 Å². The molecule has 3 fully saturated rings. The van der Waals surface area contributed by atoms with Crippen molar-refractivity contribution >= 4 is 47.1 Å². The number of halogens is 1. The van der Waals surface area contributed by atoms with E-state index in [-0.39, 0.29) is 42.5 Å². The number of hydrogen-bond donors (Lipinski definition) is 4. The summed E-state index contributed by atoms with van der Waals surface area (Å²) in [6.07, 6.45) is -2.01. The van der Waals surface area contributed by atoms with Crippen LogP contribution in [0.4, 0.5) is 10.1 Å². The van der Waals surface area contributed by atoms with Crippen LogP contribution in [-0.4, -0.2) is 91.7 Å². The van der Waals surface area contributed by atoms with Crippen LogP contribution in [0.5, 0.6) is 0 Å². The molecule has 227 valence electrons. The summed E-state index contributed by atoms with van der Waals surface area (Å²) in [6.45, 7) is 3.83. The summed E-state index contributed by atoms with van der Waals surface area (Å²) >= 11 is 0. The third kappa shape index (κ3) is 4.58. The zero-order valence-corrected chi connectivity index (χ0v) is 26.9. The first kappa shape index (κ1) is 32.7. The average molecular weight is 614 g/mol. The van der Waals surface area contributed by atoms with E-state index in [9.17, 15) is 29.3 Å². The standard InChI is InChI=1S/C33H35FN2O7.Na/c1-21(2)32(41)31(29(40)35-25-11-7-4-8-12-25)30(43-31,22-9-5-3-6-10-22)33(23-13-15-24(34)16-14-23)36(32)18-17-27(42-33)19-26(37)20-28(38)39;/h3-16,21,26-27,37,41H,17-20H2,1-2H3,(H,35,40)(H,38,39);. The van der Waals surface area contributed by atoms with Crippen molar-refractivity contribution in [3.05, 3.63) is 102 Å². The normalized spacial score (nSPS) is 31.4. The van der Waals surface area contributed by atoms with Gasteiger partial charge in [-0.3, -0.25) is 9.59 Å². The monoisotopic (exact) mass is 613 g/mol. The molecule has 3 aromatic carbocycles. The zero-order valence-electron chi connectivity index (χ0n) is 24.9. The maximum atomic E-state index is 14.6. The number of morpholine rings is 1. The molecule has 4 N–H and O–H groups in total. The number of ether oxygens (including phenoxy) is 2. The van der Waals surface area contributed by atoms with Crippen molar-refractivity contribution in [3.8, 4) is 0 Å². The smallest absolute Gasteiger partial charge is 0.305 e. The van der Waals surface area contributed by atoms with Crippen molar-refractivity contribution in [2.45, 2.75) is 68.0 Å². The Morgan fingerprint density at radius 3 is 2.20 bits per heavy atom. The van der Waals surface area contributed by atoms with Gasteiger partial charge in [0, 0.05) is 53.8 Å². The molecule has 3 heterocycles. The van der Waals surface area contributed by atoms with Gasteiger partial charge in [0.15, 0.2) is 17.1 Å². The number of epoxide rings is 1. The van der Waals surface area contributed by atoms with Gasteiger partial charge in [-0.15, -0.1) is 0 Å². The second-order valence-corrected chi connectivity index (χ2v) is 11.8. The van der Waals surface area contributed by atoms with Crippen LogP contribution in [0.15, 0.2) is 84.9 Å². The SMILES string of the molecule is CC(C)C1(O)N2CCC(CC(O)CC(=O)O)OC2(c2ccc(F)cc2)C2(c3ccccc3)OC12C(=O)Nc1ccccc1.[Na]. The van der Waals surface area contributed by atoms with Gasteiger partial charge in [-0.2, -0.15) is 0 Å². The minimum atomic E-state index is -1.92. The van der Waals surface area contributed by atoms with Crippen LogP contribution >= 0.6 is 0 Å². The molecule has 1 amide bonds. The number of anilines is 1. The molecule has 0 aromatic heterocycles. The third-order valence-corrected chi connectivity index (χ3v) is 9.08. The van der Waals surface area contributed by atoms with E-state index in [2.05, 4.69) is 5.32 Å². The van der Waals surface area contributed by atoms with Gasteiger partial charge in [-0.05, 0) is 42.2 Å². The number of fused-ring (bicyclic) bond motifs is 3. The van der Waals surface area contributed by atoms with Crippen molar-refractivity contribution < 1.29 is 38.8 Å². The largest absolute Gasteiger partial charge is 0.481 e. The van der Waals surface area contributed by atoms with Gasteiger partial charge in [-0.1, -0.05) is 74.5 Å². The van der Waals surface area contributed by atoms with Crippen LogP contribution in [0.1, 0.15) is 44.2 Å². The minimum absolute atomic E-state index is 0. The van der Waals surface area contributed by atoms with Crippen LogP contribution in [0.2, 0.25) is 0 Å². The number of amides is 1. The van der Waals surface area contributed by atoms with Gasteiger partial charge in [0.1, 0.15) is 5.82 Å². The fraction of sp³-hybridized carbons (Fsp3) is 0.394. The number of nitrogens with one attached hydrogen (secondary N) is 1. The number of aliphatic carboxylic acids is 1. The molecule has 3 aliphatic rings. The summed E-state index contributed by atoms with van der Waals surface area (Å²) in [4.78, 5) is 27.7. The van der Waals surface area contributed by atoms with Gasteiger partial charge in [-0.25, -0.2) is 9.29 Å². The van der Waals surface area contributed by atoms with E-state index in [1.54, 1.807) is 79.4 Å². The first-order valence-corrected chi connectivity index (χ1v) is 14.5. The van der Waals surface area contributed by atoms with Crippen LogP contribution in [-0.2, 0) is 30.4 Å². The van der Waals surface area contributed by atoms with E-state index in [1.807, 2.05) is 12.1 Å². The Kier molecular flexibility index (Phi) is 8.87. The van der Waals surface area contributed by atoms with Crippen molar-refractivity contribution in [2.24, 2.45) is 5.92 Å². The van der Waals surface area contributed by atoms with E-state index in [0.29, 0.717) is 23.2 Å². The molecule has 3 saturated heterocycles. The number of benzene rings is 3. The fourth-order valence-electron chi connectivity index (χ4n) is 7.33. The van der Waals surface area contributed by atoms with Gasteiger partial charge in [0.05, 0.1) is 18.6 Å². The predicted molar refractivity (Wildman–Crippen MR) is 160 cm³/mol. The van der Waals surface area contributed by atoms with Gasteiger partial charge in [0.25, 0.3) is 5.91 Å². The summed E-state index contributed by atoms with van der Waals surface area (Å²) < 4.78 is 28.0. The number of nitrogens with zero attached hydrogens (tertiary/aromatic N) is 1. The molecule has 6 unspecified atom stereocenters. The predicted octanol–water partition coefficient (Wildman–Crippen LogP) is 3.58. The third-order valence-electron chi connectivity index (χ3n) is 9.08. The maximum absolute atomic E-state index is 14.6. The number of hydrogen-bond acceptors (Lipinski definition) is 7. The number of aliphatic hydroxyl groups excluding tert-OH is 1. The Balaban J connectivity index is 0.00000384. The number of aliphatic hydroxyl groups is 2. The summed E-state index contributed by atoms with van der Waals surface area (Å²) in [5.41, 5.74) is -5.55. The van der Waals surface area contributed by atoms with E-state index in [4.69, 9.17) is 9.47 Å². The molecule has 3 aliphatic heterocycles. The minimum Gasteiger partial charge on any atom is -0.481 e. The second-order valence-electron chi connectivity index (χ2n) is 11.8. The van der Waals surface area contributed by atoms with E-state index >= 15 is 0 Å². The van der Waals surface area contributed by atoms with Crippen molar-refractivity contribution in [1.82, 2.24) is 4.90 Å². The number of para-hydroxylation sites is 1. The Bertz CT molecular complexity index is 1510. The molecule has 11 heteroatoms. The zero-order chi connectivity index (χ0) is 30.6. The van der Waals surface area contributed by atoms with Crippen LogP contribution in [0.3, 0.4) is 0 Å². The van der Waals surface area contributed by atoms with Gasteiger partial charge < -0.3 is 30.1 Å². The summed E-state index contributed by atoms with van der Waals surface area (Å²) in [7, 11) is 0. The molecular formula is C33H35FN2NaO7. The van der Waals surface area contributed by atoms with Gasteiger partial charge >= 0.3 is 5.97 Å². The maximum Gasteiger partial charge on any atom is 0.305 e. The molecule has 0 bridgehead atoms. The first-order valence-electron chi connectivity index (χ1n) is 14.5. The van der Waals surface area contributed by atoms with E-state index in [1.165, 1.54) is 12.1 Å². The summed E-state index contributed by atoms with van der Waals surface area (Å²) in [5, 5.41) is 35.7. The first-order chi connectivity index (χ1) is 20.5. The molecule has 6 atom stereocenters. The molecular weight excluding hydrogens is 578 g/mol. The Hall–Kier alpha value is -2.67. The number of carbonyl (C=O) groups is 2. The number of carboxylic acids is 1. The molecule has 3 aromatic rings. The quantitative estimate of drug-likeness (QED) is 0.213. The number of carboxylic acid groups (broad SMARTS) is 1. The van der Waals surface area contributed by atoms with E-state index in [0.717, 1.165) is 0 Å². The van der Waals surface area contributed by atoms with Crippen molar-refractivity contribution in [2.75, 3.05) is 11.9 Å². The van der Waals surface area contributed by atoms with Crippen LogP contribution < -0.4 is 5.32 Å². The molecule has 0 saturated carbocycles. The van der Waals surface area contributed by atoms with Crippen molar-refractivity contribution in [3.63, 3.8) is 0 Å². The fourth-order valence-corrected chi connectivity index (χ4v) is 7.33. The summed E-state index contributed by atoms with van der Waals surface area (Å²) in [5.74, 6) is -2.75. The Labute approximate surface area is 277 Å². The topological polar surface area (TPSA) is 132 Å². The van der Waals surface area contributed by atoms with E-state index < -0.39 is 64.9 Å². The molecule has 44 heavy (non-hydrogen) atoms. The van der Waals surface area contributed by atoms with Crippen LogP contribution in [0, 0.1) is 11.7 Å². The second kappa shape index (κ2) is 11.9. The molecule has 0 aliphatic carbocycles. The summed E-state index contributed by atoms with van der Waals surface area (Å²) in [6, 6.07) is 23.6. The molecule has 0 spiro atoms. The Morgan fingerprint density at radius 2 is 1.61 bits per heavy atom. The number of carbonyl (C=O) groups excluding carboxylic acids is 1. The Morgan fingerprint density at radius 1 is 1.00 bits per heavy atom. The number of rotatable bonds is 9. The molecule has 1 radical (unpaired) electrons. The molecule has 6 rings (SSSR count). The van der Waals surface area contributed by atoms with Crippen LogP contribution in [0.25, 0.3) is 0 Å². The average Bonchev–Trinajstić information content (AvgIpc) is 3.67.